The van der Waals surface area contributed by atoms with Crippen molar-refractivity contribution in [2.45, 2.75) is 19.9 Å². The van der Waals surface area contributed by atoms with E-state index >= 15 is 0 Å². The summed E-state index contributed by atoms with van der Waals surface area (Å²) in [5.74, 6) is 0.184. The van der Waals surface area contributed by atoms with Gasteiger partial charge >= 0.3 is 0 Å². The molecule has 0 aromatic heterocycles. The van der Waals surface area contributed by atoms with E-state index in [1.54, 1.807) is 43.3 Å². The van der Waals surface area contributed by atoms with Gasteiger partial charge in [0.1, 0.15) is 18.4 Å². The Morgan fingerprint density at radius 1 is 1.14 bits per heavy atom. The Balaban J connectivity index is 2.03. The minimum absolute atomic E-state index is 0.220. The molecule has 0 unspecified atom stereocenters. The fraction of sp³-hybridized carbons (Fsp3) is 0.316. The van der Waals surface area contributed by atoms with Crippen LogP contribution in [0, 0.1) is 6.92 Å². The monoisotopic (exact) mass is 444 g/mol. The number of ether oxygens (including phenoxy) is 1. The molecule has 1 atom stereocenters. The molecular weight excluding hydrogens is 423 g/mol. The molecule has 0 radical (unpaired) electrons. The number of hydrogen-bond donors (Lipinski definition) is 1. The van der Waals surface area contributed by atoms with Gasteiger partial charge in [-0.15, -0.1) is 0 Å². The minimum atomic E-state index is -3.71. The Morgan fingerprint density at radius 2 is 1.75 bits per heavy atom. The zero-order valence-electron chi connectivity index (χ0n) is 15.8. The largest absolute Gasteiger partial charge is 0.492 e. The molecule has 0 bridgehead atoms. The van der Waals surface area contributed by atoms with E-state index in [4.69, 9.17) is 27.9 Å². The first-order valence-electron chi connectivity index (χ1n) is 8.51. The lowest BCUT2D eigenvalue weighted by Crippen LogP contribution is -2.48. The van der Waals surface area contributed by atoms with Crippen molar-refractivity contribution < 1.29 is 17.9 Å². The molecule has 0 aliphatic heterocycles. The smallest absolute Gasteiger partial charge is 0.243 e. The third kappa shape index (κ3) is 6.02. The molecule has 1 N–H and O–H groups in total. The number of nitrogens with one attached hydrogen (secondary N) is 1. The number of rotatable bonds is 8. The SMILES string of the molecule is Cc1ccc(Cl)cc1N([C@@H](C)C(=O)NCCOc1ccc(Cl)cc1)S(C)(=O)=O. The zero-order chi connectivity index (χ0) is 20.9. The number of nitrogens with zero attached hydrogens (tertiary/aromatic N) is 1. The third-order valence-corrected chi connectivity index (χ3v) is 5.70. The molecule has 2 aromatic carbocycles. The molecule has 152 valence electrons. The predicted molar refractivity (Wildman–Crippen MR) is 113 cm³/mol. The van der Waals surface area contributed by atoms with Gasteiger partial charge in [-0.05, 0) is 55.8 Å². The van der Waals surface area contributed by atoms with Gasteiger partial charge in [-0.25, -0.2) is 8.42 Å². The van der Waals surface area contributed by atoms with Crippen LogP contribution in [-0.4, -0.2) is 39.8 Å². The van der Waals surface area contributed by atoms with E-state index in [-0.39, 0.29) is 13.2 Å². The lowest BCUT2D eigenvalue weighted by atomic mass is 10.2. The van der Waals surface area contributed by atoms with Crippen LogP contribution in [0.15, 0.2) is 42.5 Å². The molecular formula is C19H22Cl2N2O4S. The molecule has 0 heterocycles. The molecule has 1 amide bonds. The maximum Gasteiger partial charge on any atom is 0.243 e. The van der Waals surface area contributed by atoms with E-state index in [0.717, 1.165) is 10.6 Å². The molecule has 2 aromatic rings. The lowest BCUT2D eigenvalue weighted by Gasteiger charge is -2.29. The highest BCUT2D eigenvalue weighted by Gasteiger charge is 2.30. The van der Waals surface area contributed by atoms with E-state index < -0.39 is 22.0 Å². The summed E-state index contributed by atoms with van der Waals surface area (Å²) in [4.78, 5) is 12.5. The number of halogens is 2. The summed E-state index contributed by atoms with van der Waals surface area (Å²) in [5, 5.41) is 3.68. The Bertz CT molecular complexity index is 933. The van der Waals surface area contributed by atoms with Gasteiger partial charge in [0.2, 0.25) is 15.9 Å². The molecule has 0 spiro atoms. The molecule has 0 saturated heterocycles. The number of benzene rings is 2. The van der Waals surface area contributed by atoms with Crippen LogP contribution in [0.1, 0.15) is 12.5 Å². The van der Waals surface area contributed by atoms with Crippen LogP contribution in [-0.2, 0) is 14.8 Å². The normalized spacial score (nSPS) is 12.3. The fourth-order valence-electron chi connectivity index (χ4n) is 2.62. The molecule has 0 aliphatic carbocycles. The Labute approximate surface area is 175 Å². The summed E-state index contributed by atoms with van der Waals surface area (Å²) in [6.07, 6.45) is 1.06. The molecule has 0 fully saturated rings. The number of aryl methyl sites for hydroxylation is 1. The minimum Gasteiger partial charge on any atom is -0.492 e. The predicted octanol–water partition coefficient (Wildman–Crippen LogP) is 3.65. The van der Waals surface area contributed by atoms with Crippen molar-refractivity contribution in [3.05, 3.63) is 58.1 Å². The van der Waals surface area contributed by atoms with Crippen LogP contribution in [0.25, 0.3) is 0 Å². The van der Waals surface area contributed by atoms with Crippen molar-refractivity contribution in [1.82, 2.24) is 5.32 Å². The Kier molecular flexibility index (Phi) is 7.57. The van der Waals surface area contributed by atoms with Crippen molar-refractivity contribution >= 4 is 44.8 Å². The number of amides is 1. The quantitative estimate of drug-likeness (QED) is 0.630. The number of hydrogen-bond acceptors (Lipinski definition) is 4. The van der Waals surface area contributed by atoms with E-state index in [2.05, 4.69) is 5.32 Å². The van der Waals surface area contributed by atoms with Crippen molar-refractivity contribution in [2.24, 2.45) is 0 Å². The highest BCUT2D eigenvalue weighted by molar-refractivity contribution is 7.92. The standard InChI is InChI=1S/C19H22Cl2N2O4S/c1-13-4-5-16(21)12-18(13)23(28(3,25)26)14(2)19(24)22-10-11-27-17-8-6-15(20)7-9-17/h4-9,12,14H,10-11H2,1-3H3,(H,22,24)/t14-/m0/s1. The first-order chi connectivity index (χ1) is 13.1. The number of sulfonamides is 1. The van der Waals surface area contributed by atoms with E-state index in [1.807, 2.05) is 0 Å². The van der Waals surface area contributed by atoms with Gasteiger partial charge in [-0.1, -0.05) is 29.3 Å². The number of carbonyl (C=O) groups excluding carboxylic acids is 1. The Morgan fingerprint density at radius 3 is 2.36 bits per heavy atom. The average Bonchev–Trinajstić information content (AvgIpc) is 2.62. The van der Waals surface area contributed by atoms with Crippen LogP contribution in [0.3, 0.4) is 0 Å². The second-order valence-corrected chi connectivity index (χ2v) is 8.99. The molecule has 6 nitrogen and oxygen atoms in total. The highest BCUT2D eigenvalue weighted by atomic mass is 35.5. The number of carbonyl (C=O) groups is 1. The van der Waals surface area contributed by atoms with Gasteiger partial charge < -0.3 is 10.1 Å². The summed E-state index contributed by atoms with van der Waals surface area (Å²) in [6.45, 7) is 3.73. The summed E-state index contributed by atoms with van der Waals surface area (Å²) in [7, 11) is -3.71. The zero-order valence-corrected chi connectivity index (χ0v) is 18.1. The molecule has 28 heavy (non-hydrogen) atoms. The second kappa shape index (κ2) is 9.49. The van der Waals surface area contributed by atoms with E-state index in [0.29, 0.717) is 27.0 Å². The third-order valence-electron chi connectivity index (χ3n) is 3.98. The van der Waals surface area contributed by atoms with Gasteiger partial charge in [0.05, 0.1) is 18.5 Å². The van der Waals surface area contributed by atoms with E-state index in [9.17, 15) is 13.2 Å². The van der Waals surface area contributed by atoms with Crippen molar-refractivity contribution in [1.29, 1.82) is 0 Å². The summed E-state index contributed by atoms with van der Waals surface area (Å²) >= 11 is 11.8. The second-order valence-electron chi connectivity index (χ2n) is 6.26. The first-order valence-corrected chi connectivity index (χ1v) is 11.1. The highest BCUT2D eigenvalue weighted by Crippen LogP contribution is 2.28. The van der Waals surface area contributed by atoms with Crippen molar-refractivity contribution in [3.8, 4) is 5.75 Å². The Hall–Kier alpha value is -1.96. The topological polar surface area (TPSA) is 75.7 Å². The van der Waals surface area contributed by atoms with Crippen molar-refractivity contribution in [2.75, 3.05) is 23.7 Å². The molecule has 9 heteroatoms. The van der Waals surface area contributed by atoms with Crippen LogP contribution in [0.2, 0.25) is 10.0 Å². The maximum absolute atomic E-state index is 12.5. The van der Waals surface area contributed by atoms with Gasteiger partial charge in [0.15, 0.2) is 0 Å². The summed E-state index contributed by atoms with van der Waals surface area (Å²) in [6, 6.07) is 10.8. The van der Waals surface area contributed by atoms with Gasteiger partial charge in [0, 0.05) is 10.0 Å². The number of anilines is 1. The van der Waals surface area contributed by atoms with Crippen molar-refractivity contribution in [3.63, 3.8) is 0 Å². The molecule has 2 rings (SSSR count). The van der Waals surface area contributed by atoms with Gasteiger partial charge in [-0.2, -0.15) is 0 Å². The van der Waals surface area contributed by atoms with Crippen LogP contribution >= 0.6 is 23.2 Å². The average molecular weight is 445 g/mol. The molecule has 0 aliphatic rings. The fourth-order valence-corrected chi connectivity index (χ4v) is 4.14. The molecule has 0 saturated carbocycles. The van der Waals surface area contributed by atoms with Gasteiger partial charge in [0.25, 0.3) is 0 Å². The van der Waals surface area contributed by atoms with E-state index in [1.165, 1.54) is 13.0 Å². The summed E-state index contributed by atoms with van der Waals surface area (Å²) < 4.78 is 31.3. The van der Waals surface area contributed by atoms with Crippen LogP contribution < -0.4 is 14.4 Å². The summed E-state index contributed by atoms with van der Waals surface area (Å²) in [5.41, 5.74) is 1.07. The maximum atomic E-state index is 12.5. The lowest BCUT2D eigenvalue weighted by molar-refractivity contribution is -0.121. The van der Waals surface area contributed by atoms with Gasteiger partial charge in [-0.3, -0.25) is 9.10 Å². The van der Waals surface area contributed by atoms with Crippen LogP contribution in [0.4, 0.5) is 5.69 Å². The van der Waals surface area contributed by atoms with Crippen LogP contribution in [0.5, 0.6) is 5.75 Å². The first kappa shape index (κ1) is 22.3.